The lowest BCUT2D eigenvalue weighted by atomic mass is 10.2. The minimum atomic E-state index is -2.57. The van der Waals surface area contributed by atoms with Crippen molar-refractivity contribution in [2.75, 3.05) is 6.16 Å². The summed E-state index contributed by atoms with van der Waals surface area (Å²) in [5.74, 6) is 1.50. The zero-order chi connectivity index (χ0) is 14.3. The van der Waals surface area contributed by atoms with Crippen molar-refractivity contribution in [1.29, 1.82) is 0 Å². The number of benzene rings is 2. The Bertz CT molecular complexity index is 724. The molecule has 2 aromatic rings. The van der Waals surface area contributed by atoms with Crippen molar-refractivity contribution in [3.63, 3.8) is 0 Å². The molecule has 20 heavy (non-hydrogen) atoms. The molecule has 104 valence electrons. The molecule has 0 aromatic heterocycles. The maximum absolute atomic E-state index is 13.6. The van der Waals surface area contributed by atoms with Gasteiger partial charge in [0.25, 0.3) is 0 Å². The fourth-order valence-electron chi connectivity index (χ4n) is 2.60. The summed E-state index contributed by atoms with van der Waals surface area (Å²) in [7, 11) is -2.57. The molecule has 1 atom stereocenters. The van der Waals surface area contributed by atoms with Crippen LogP contribution in [0.25, 0.3) is 0 Å². The lowest BCUT2D eigenvalue weighted by Gasteiger charge is -2.28. The lowest BCUT2D eigenvalue weighted by Crippen LogP contribution is -2.26. The van der Waals surface area contributed by atoms with Crippen LogP contribution in [0, 0.1) is 6.92 Å². The van der Waals surface area contributed by atoms with Crippen molar-refractivity contribution in [1.82, 2.24) is 0 Å². The van der Waals surface area contributed by atoms with Crippen LogP contribution >= 0.6 is 29.7 Å². The third-order valence-corrected chi connectivity index (χ3v) is 7.76. The first-order valence-electron chi connectivity index (χ1n) is 6.66. The van der Waals surface area contributed by atoms with Crippen molar-refractivity contribution < 1.29 is 9.30 Å². The molecule has 0 bridgehead atoms. The topological polar surface area (TPSA) is 26.3 Å². The summed E-state index contributed by atoms with van der Waals surface area (Å²) in [5, 5.41) is 1.75. The molecule has 1 heterocycles. The molecule has 0 saturated carbocycles. The number of hydrogen-bond acceptors (Lipinski definition) is 2. The van der Waals surface area contributed by atoms with Crippen LogP contribution in [0.2, 0.25) is 0 Å². The van der Waals surface area contributed by atoms with Crippen molar-refractivity contribution in [2.45, 2.75) is 18.3 Å². The molecule has 0 amide bonds. The van der Waals surface area contributed by atoms with Crippen LogP contribution in [0.15, 0.2) is 36.4 Å². The molecule has 0 saturated heterocycles. The summed E-state index contributed by atoms with van der Waals surface area (Å²) in [6, 6.07) is 12.0. The summed E-state index contributed by atoms with van der Waals surface area (Å²) < 4.78 is 20.5. The largest absolute Gasteiger partial charge is 0.456 e. The molecule has 0 fully saturated rings. The summed E-state index contributed by atoms with van der Waals surface area (Å²) in [6.07, 6.45) is 0.629. The molecule has 4 heteroatoms. The molecule has 3 rings (SSSR count). The summed E-state index contributed by atoms with van der Waals surface area (Å²) in [5.41, 5.74) is 2.31. The number of hydrogen-bond donors (Lipinski definition) is 0. The van der Waals surface area contributed by atoms with E-state index in [2.05, 4.69) is 28.7 Å². The SMILES string of the molecule is CCP1(=O)c2cc(C)ccc2Oc2ccc(CI)cc21. The molecule has 0 spiro atoms. The first-order chi connectivity index (χ1) is 9.58. The highest BCUT2D eigenvalue weighted by molar-refractivity contribution is 14.1. The van der Waals surface area contributed by atoms with E-state index in [1.165, 1.54) is 5.56 Å². The normalized spacial score (nSPS) is 19.9. The standard InChI is InChI=1S/C16H16IO2P/c1-3-20(18)15-8-11(2)4-6-13(15)19-14-7-5-12(10-17)9-16(14)20/h4-9H,3,10H2,1-2H3. The second-order valence-electron chi connectivity index (χ2n) is 5.06. The average Bonchev–Trinajstić information content (AvgIpc) is 2.48. The van der Waals surface area contributed by atoms with Gasteiger partial charge in [-0.3, -0.25) is 0 Å². The van der Waals surface area contributed by atoms with E-state index < -0.39 is 7.14 Å². The number of aryl methyl sites for hydroxylation is 1. The highest BCUT2D eigenvalue weighted by Crippen LogP contribution is 2.52. The van der Waals surface area contributed by atoms with Crippen LogP contribution in [0.1, 0.15) is 18.1 Å². The Morgan fingerprint density at radius 1 is 1.10 bits per heavy atom. The first kappa shape index (κ1) is 14.2. The first-order valence-corrected chi connectivity index (χ1v) is 10.1. The Hall–Kier alpha value is -0.800. The van der Waals surface area contributed by atoms with E-state index >= 15 is 0 Å². The summed E-state index contributed by atoms with van der Waals surface area (Å²) >= 11 is 2.33. The quantitative estimate of drug-likeness (QED) is 0.427. The molecule has 1 aliphatic heterocycles. The van der Waals surface area contributed by atoms with Gasteiger partial charge in [0.2, 0.25) is 0 Å². The van der Waals surface area contributed by atoms with E-state index in [0.717, 1.165) is 32.1 Å². The van der Waals surface area contributed by atoms with E-state index in [0.29, 0.717) is 6.16 Å². The smallest absolute Gasteiger partial charge is 0.150 e. The van der Waals surface area contributed by atoms with Gasteiger partial charge in [-0.2, -0.15) is 0 Å². The molecule has 1 unspecified atom stereocenters. The van der Waals surface area contributed by atoms with E-state index in [9.17, 15) is 4.57 Å². The van der Waals surface area contributed by atoms with Crippen molar-refractivity contribution >= 4 is 40.3 Å². The van der Waals surface area contributed by atoms with E-state index in [1.807, 2.05) is 44.2 Å². The van der Waals surface area contributed by atoms with Gasteiger partial charge < -0.3 is 9.30 Å². The van der Waals surface area contributed by atoms with Gasteiger partial charge in [-0.05, 0) is 36.8 Å². The van der Waals surface area contributed by atoms with Crippen LogP contribution in [-0.4, -0.2) is 6.16 Å². The Morgan fingerprint density at radius 3 is 2.40 bits per heavy atom. The van der Waals surface area contributed by atoms with Gasteiger partial charge in [-0.15, -0.1) is 0 Å². The third kappa shape index (κ3) is 2.11. The van der Waals surface area contributed by atoms with Crippen LogP contribution in [0.4, 0.5) is 0 Å². The minimum Gasteiger partial charge on any atom is -0.456 e. The maximum Gasteiger partial charge on any atom is 0.150 e. The van der Waals surface area contributed by atoms with Crippen LogP contribution in [0.5, 0.6) is 11.5 Å². The van der Waals surface area contributed by atoms with Crippen molar-refractivity contribution in [3.05, 3.63) is 47.5 Å². The third-order valence-electron chi connectivity index (χ3n) is 3.74. The monoisotopic (exact) mass is 398 g/mol. The lowest BCUT2D eigenvalue weighted by molar-refractivity contribution is 0.484. The number of fused-ring (bicyclic) bond motifs is 2. The predicted octanol–water partition coefficient (Wildman–Crippen LogP) is 4.37. The molecule has 0 aliphatic carbocycles. The van der Waals surface area contributed by atoms with Gasteiger partial charge in [0.15, 0.2) is 0 Å². The fourth-order valence-corrected chi connectivity index (χ4v) is 5.75. The number of alkyl halides is 1. The van der Waals surface area contributed by atoms with E-state index in [4.69, 9.17) is 4.74 Å². The molecule has 0 radical (unpaired) electrons. The molecule has 2 aromatic carbocycles. The van der Waals surface area contributed by atoms with Gasteiger partial charge in [0.1, 0.15) is 18.6 Å². The van der Waals surface area contributed by atoms with Crippen LogP contribution in [0.3, 0.4) is 0 Å². The van der Waals surface area contributed by atoms with Crippen LogP contribution < -0.4 is 15.3 Å². The molecule has 1 aliphatic rings. The summed E-state index contributed by atoms with van der Waals surface area (Å²) in [6.45, 7) is 4.02. The van der Waals surface area contributed by atoms with Gasteiger partial charge in [0.05, 0.1) is 10.6 Å². The van der Waals surface area contributed by atoms with E-state index in [-0.39, 0.29) is 0 Å². The Kier molecular flexibility index (Phi) is 3.67. The zero-order valence-electron chi connectivity index (χ0n) is 11.5. The van der Waals surface area contributed by atoms with Gasteiger partial charge in [-0.25, -0.2) is 0 Å². The molecule has 2 nitrogen and oxygen atoms in total. The zero-order valence-corrected chi connectivity index (χ0v) is 14.6. The number of halogens is 1. The highest BCUT2D eigenvalue weighted by Gasteiger charge is 2.36. The molecular formula is C16H16IO2P. The average molecular weight is 398 g/mol. The van der Waals surface area contributed by atoms with Gasteiger partial charge in [0, 0.05) is 10.6 Å². The second kappa shape index (κ2) is 5.19. The molecule has 0 N–H and O–H groups in total. The minimum absolute atomic E-state index is 0.629. The number of ether oxygens (including phenoxy) is 1. The van der Waals surface area contributed by atoms with E-state index in [1.54, 1.807) is 0 Å². The Balaban J connectivity index is 2.28. The van der Waals surface area contributed by atoms with Gasteiger partial charge in [-0.1, -0.05) is 47.2 Å². The van der Waals surface area contributed by atoms with Crippen molar-refractivity contribution in [2.24, 2.45) is 0 Å². The van der Waals surface area contributed by atoms with Crippen LogP contribution in [-0.2, 0) is 8.99 Å². The summed E-state index contributed by atoms with van der Waals surface area (Å²) in [4.78, 5) is 0. The number of rotatable bonds is 2. The van der Waals surface area contributed by atoms with Crippen molar-refractivity contribution in [3.8, 4) is 11.5 Å². The Morgan fingerprint density at radius 2 is 1.75 bits per heavy atom. The Labute approximate surface area is 133 Å². The molecular weight excluding hydrogens is 382 g/mol. The second-order valence-corrected chi connectivity index (χ2v) is 8.90. The fraction of sp³-hybridized carbons (Fsp3) is 0.250. The maximum atomic E-state index is 13.6. The predicted molar refractivity (Wildman–Crippen MR) is 92.8 cm³/mol. The highest BCUT2D eigenvalue weighted by atomic mass is 127. The van der Waals surface area contributed by atoms with Gasteiger partial charge >= 0.3 is 0 Å².